The Kier molecular flexibility index (Phi) is 3.33. The number of phenolic OH excluding ortho intramolecular Hbond substituents is 1. The van der Waals surface area contributed by atoms with Crippen molar-refractivity contribution in [2.45, 2.75) is 12.8 Å². The minimum absolute atomic E-state index is 0.145. The molecule has 1 N–H and O–H groups in total. The van der Waals surface area contributed by atoms with Gasteiger partial charge in [0, 0.05) is 11.5 Å². The molecule has 2 aromatic carbocycles. The maximum absolute atomic E-state index is 9.91. The van der Waals surface area contributed by atoms with Crippen molar-refractivity contribution in [3.8, 4) is 11.5 Å². The first-order chi connectivity index (χ1) is 8.22. The van der Waals surface area contributed by atoms with E-state index in [1.165, 1.54) is 5.56 Å². The molecule has 0 amide bonds. The molecule has 0 aliphatic carbocycles. The molecule has 0 spiro atoms. The Bertz CT molecular complexity index is 492. The Balaban J connectivity index is 2.40. The normalized spacial score (nSPS) is 12.1. The van der Waals surface area contributed by atoms with Gasteiger partial charge < -0.3 is 9.84 Å². The van der Waals surface area contributed by atoms with E-state index in [2.05, 4.69) is 19.1 Å². The van der Waals surface area contributed by atoms with Crippen LogP contribution in [0.25, 0.3) is 0 Å². The summed E-state index contributed by atoms with van der Waals surface area (Å²) in [6.07, 6.45) is 0. The molecule has 2 nitrogen and oxygen atoms in total. The van der Waals surface area contributed by atoms with Gasteiger partial charge in [-0.3, -0.25) is 0 Å². The number of phenols is 1. The van der Waals surface area contributed by atoms with E-state index in [4.69, 9.17) is 4.74 Å². The third-order valence-electron chi connectivity index (χ3n) is 3.00. The molecule has 2 aromatic rings. The SMILES string of the molecule is COc1ccc(O)c([C@H](C)c2ccccc2)c1. The van der Waals surface area contributed by atoms with E-state index in [9.17, 15) is 5.11 Å². The molecule has 0 saturated heterocycles. The fraction of sp³-hybridized carbons (Fsp3) is 0.200. The number of methoxy groups -OCH3 is 1. The van der Waals surface area contributed by atoms with E-state index < -0.39 is 0 Å². The summed E-state index contributed by atoms with van der Waals surface area (Å²) in [5.74, 6) is 1.22. The summed E-state index contributed by atoms with van der Waals surface area (Å²) in [5.41, 5.74) is 2.06. The highest BCUT2D eigenvalue weighted by atomic mass is 16.5. The summed E-state index contributed by atoms with van der Waals surface area (Å²) in [6, 6.07) is 15.4. The summed E-state index contributed by atoms with van der Waals surface area (Å²) in [7, 11) is 1.63. The first-order valence-electron chi connectivity index (χ1n) is 5.64. The summed E-state index contributed by atoms with van der Waals surface area (Å²) in [5, 5.41) is 9.91. The second-order valence-corrected chi connectivity index (χ2v) is 4.06. The van der Waals surface area contributed by atoms with E-state index in [1.807, 2.05) is 24.3 Å². The van der Waals surface area contributed by atoms with Crippen molar-refractivity contribution in [3.05, 3.63) is 59.7 Å². The van der Waals surface area contributed by atoms with E-state index in [1.54, 1.807) is 19.2 Å². The third kappa shape index (κ3) is 2.41. The summed E-state index contributed by atoms with van der Waals surface area (Å²) in [4.78, 5) is 0. The highest BCUT2D eigenvalue weighted by Gasteiger charge is 2.13. The van der Waals surface area contributed by atoms with Gasteiger partial charge in [-0.1, -0.05) is 37.3 Å². The topological polar surface area (TPSA) is 29.5 Å². The molecule has 0 aliphatic rings. The smallest absolute Gasteiger partial charge is 0.119 e. The summed E-state index contributed by atoms with van der Waals surface area (Å²) < 4.78 is 5.18. The van der Waals surface area contributed by atoms with Gasteiger partial charge in [0.15, 0.2) is 0 Å². The standard InChI is InChI=1S/C15H16O2/c1-11(12-6-4-3-5-7-12)14-10-13(17-2)8-9-15(14)16/h3-11,16H,1-2H3/t11-/m1/s1. The van der Waals surface area contributed by atoms with E-state index in [0.29, 0.717) is 5.75 Å². The second kappa shape index (κ2) is 4.91. The number of hydrogen-bond donors (Lipinski definition) is 1. The lowest BCUT2D eigenvalue weighted by Gasteiger charge is -2.15. The van der Waals surface area contributed by atoms with Crippen LogP contribution in [0.15, 0.2) is 48.5 Å². The lowest BCUT2D eigenvalue weighted by atomic mass is 9.92. The van der Waals surface area contributed by atoms with Crippen molar-refractivity contribution in [2.75, 3.05) is 7.11 Å². The predicted octanol–water partition coefficient (Wildman–Crippen LogP) is 3.55. The van der Waals surface area contributed by atoms with Crippen LogP contribution >= 0.6 is 0 Å². The largest absolute Gasteiger partial charge is 0.508 e. The quantitative estimate of drug-likeness (QED) is 0.870. The maximum atomic E-state index is 9.91. The Morgan fingerprint density at radius 2 is 1.76 bits per heavy atom. The zero-order chi connectivity index (χ0) is 12.3. The van der Waals surface area contributed by atoms with Crippen LogP contribution in [-0.4, -0.2) is 12.2 Å². The monoisotopic (exact) mass is 228 g/mol. The van der Waals surface area contributed by atoms with Gasteiger partial charge in [-0.25, -0.2) is 0 Å². The molecule has 0 saturated carbocycles. The minimum Gasteiger partial charge on any atom is -0.508 e. The predicted molar refractivity (Wildman–Crippen MR) is 68.6 cm³/mol. The first kappa shape index (κ1) is 11.5. The molecule has 1 atom stereocenters. The second-order valence-electron chi connectivity index (χ2n) is 4.06. The molecular formula is C15H16O2. The van der Waals surface area contributed by atoms with Crippen molar-refractivity contribution in [1.29, 1.82) is 0 Å². The van der Waals surface area contributed by atoms with Gasteiger partial charge >= 0.3 is 0 Å². The minimum atomic E-state index is 0.145. The number of benzene rings is 2. The fourth-order valence-corrected chi connectivity index (χ4v) is 1.93. The Morgan fingerprint density at radius 3 is 2.41 bits per heavy atom. The van der Waals surface area contributed by atoms with E-state index in [0.717, 1.165) is 11.3 Å². The number of ether oxygens (including phenoxy) is 1. The highest BCUT2D eigenvalue weighted by Crippen LogP contribution is 2.33. The van der Waals surface area contributed by atoms with Crippen LogP contribution < -0.4 is 4.74 Å². The molecule has 0 bridgehead atoms. The number of rotatable bonds is 3. The van der Waals surface area contributed by atoms with E-state index in [-0.39, 0.29) is 5.92 Å². The zero-order valence-electron chi connectivity index (χ0n) is 10.1. The summed E-state index contributed by atoms with van der Waals surface area (Å²) in [6.45, 7) is 2.07. The van der Waals surface area contributed by atoms with Gasteiger partial charge in [0.25, 0.3) is 0 Å². The zero-order valence-corrected chi connectivity index (χ0v) is 10.1. The highest BCUT2D eigenvalue weighted by molar-refractivity contribution is 5.45. The lowest BCUT2D eigenvalue weighted by molar-refractivity contribution is 0.410. The first-order valence-corrected chi connectivity index (χ1v) is 5.64. The van der Waals surface area contributed by atoms with Crippen molar-refractivity contribution >= 4 is 0 Å². The molecule has 2 rings (SSSR count). The maximum Gasteiger partial charge on any atom is 0.119 e. The van der Waals surface area contributed by atoms with Gasteiger partial charge in [-0.05, 0) is 23.8 Å². The van der Waals surface area contributed by atoms with Crippen molar-refractivity contribution in [2.24, 2.45) is 0 Å². The summed E-state index contributed by atoms with van der Waals surface area (Å²) >= 11 is 0. The van der Waals surface area contributed by atoms with Gasteiger partial charge in [-0.15, -0.1) is 0 Å². The Morgan fingerprint density at radius 1 is 1.06 bits per heavy atom. The third-order valence-corrected chi connectivity index (χ3v) is 3.00. The lowest BCUT2D eigenvalue weighted by Crippen LogP contribution is -1.97. The van der Waals surface area contributed by atoms with Gasteiger partial charge in [-0.2, -0.15) is 0 Å². The molecule has 0 aliphatic heterocycles. The van der Waals surface area contributed by atoms with Crippen LogP contribution in [0.1, 0.15) is 24.0 Å². The molecule has 0 heterocycles. The van der Waals surface area contributed by atoms with Gasteiger partial charge in [0.05, 0.1) is 7.11 Å². The van der Waals surface area contributed by atoms with Crippen LogP contribution in [0.5, 0.6) is 11.5 Å². The van der Waals surface area contributed by atoms with Crippen LogP contribution in [0.2, 0.25) is 0 Å². The number of hydrogen-bond acceptors (Lipinski definition) is 2. The molecule has 0 aromatic heterocycles. The molecule has 17 heavy (non-hydrogen) atoms. The molecule has 0 fully saturated rings. The molecule has 0 radical (unpaired) electrons. The molecule has 2 heteroatoms. The van der Waals surface area contributed by atoms with Gasteiger partial charge in [0.1, 0.15) is 11.5 Å². The average molecular weight is 228 g/mol. The molecular weight excluding hydrogens is 212 g/mol. The number of aromatic hydroxyl groups is 1. The van der Waals surface area contributed by atoms with Crippen LogP contribution in [-0.2, 0) is 0 Å². The van der Waals surface area contributed by atoms with Crippen molar-refractivity contribution in [1.82, 2.24) is 0 Å². The Hall–Kier alpha value is -1.96. The van der Waals surface area contributed by atoms with Crippen molar-refractivity contribution in [3.63, 3.8) is 0 Å². The Labute approximate surface area is 101 Å². The fourth-order valence-electron chi connectivity index (χ4n) is 1.93. The molecule has 0 unspecified atom stereocenters. The average Bonchev–Trinajstić information content (AvgIpc) is 2.39. The van der Waals surface area contributed by atoms with Crippen LogP contribution in [0, 0.1) is 0 Å². The van der Waals surface area contributed by atoms with Crippen LogP contribution in [0.4, 0.5) is 0 Å². The van der Waals surface area contributed by atoms with Crippen LogP contribution in [0.3, 0.4) is 0 Å². The molecule has 88 valence electrons. The van der Waals surface area contributed by atoms with Crippen molar-refractivity contribution < 1.29 is 9.84 Å². The van der Waals surface area contributed by atoms with Gasteiger partial charge in [0.2, 0.25) is 0 Å². The van der Waals surface area contributed by atoms with E-state index >= 15 is 0 Å².